The molecule has 0 spiro atoms. The van der Waals surface area contributed by atoms with Crippen molar-refractivity contribution < 1.29 is 9.47 Å². The van der Waals surface area contributed by atoms with E-state index in [9.17, 15) is 0 Å². The van der Waals surface area contributed by atoms with Gasteiger partial charge in [0.25, 0.3) is 0 Å². The van der Waals surface area contributed by atoms with Gasteiger partial charge in [-0.25, -0.2) is 0 Å². The fourth-order valence-electron chi connectivity index (χ4n) is 2.65. The minimum atomic E-state index is 0.489. The number of methoxy groups -OCH3 is 2. The predicted octanol–water partition coefficient (Wildman–Crippen LogP) is 3.16. The molecule has 2 aromatic carbocycles. The number of benzene rings is 2. The fourth-order valence-corrected chi connectivity index (χ4v) is 2.65. The predicted molar refractivity (Wildman–Crippen MR) is 105 cm³/mol. The van der Waals surface area contributed by atoms with Crippen LogP contribution in [0.3, 0.4) is 0 Å². The smallest absolute Gasteiger partial charge is 0.244 e. The van der Waals surface area contributed by atoms with Crippen LogP contribution in [-0.2, 0) is 13.0 Å². The highest BCUT2D eigenvalue weighted by Gasteiger charge is 2.04. The number of ether oxygens (including phenoxy) is 2. The number of aromatic nitrogens is 3. The first kappa shape index (κ1) is 18.4. The van der Waals surface area contributed by atoms with Crippen molar-refractivity contribution in [1.29, 1.82) is 0 Å². The second-order valence-corrected chi connectivity index (χ2v) is 5.86. The largest absolute Gasteiger partial charge is 0.497 e. The molecular weight excluding hydrogens is 342 g/mol. The third-order valence-corrected chi connectivity index (χ3v) is 4.04. The van der Waals surface area contributed by atoms with Gasteiger partial charge in [0.05, 0.1) is 20.4 Å². The van der Waals surface area contributed by atoms with Crippen molar-refractivity contribution in [1.82, 2.24) is 15.2 Å². The van der Waals surface area contributed by atoms with Crippen molar-refractivity contribution in [2.75, 3.05) is 31.4 Å². The molecule has 7 nitrogen and oxygen atoms in total. The number of nitrogens with one attached hydrogen (secondary N) is 2. The van der Waals surface area contributed by atoms with Crippen LogP contribution in [0.5, 0.6) is 11.5 Å². The lowest BCUT2D eigenvalue weighted by Crippen LogP contribution is -2.11. The third-order valence-electron chi connectivity index (χ3n) is 4.04. The highest BCUT2D eigenvalue weighted by Crippen LogP contribution is 2.18. The molecule has 27 heavy (non-hydrogen) atoms. The van der Waals surface area contributed by atoms with Gasteiger partial charge in [-0.1, -0.05) is 30.3 Å². The van der Waals surface area contributed by atoms with E-state index in [1.807, 2.05) is 42.5 Å². The fraction of sp³-hybridized carbons (Fsp3) is 0.250. The average molecular weight is 365 g/mol. The van der Waals surface area contributed by atoms with Crippen molar-refractivity contribution in [2.24, 2.45) is 0 Å². The van der Waals surface area contributed by atoms with Crippen LogP contribution in [0.15, 0.2) is 54.7 Å². The summed E-state index contributed by atoms with van der Waals surface area (Å²) in [5.74, 6) is 2.83. The van der Waals surface area contributed by atoms with Gasteiger partial charge >= 0.3 is 0 Å². The van der Waals surface area contributed by atoms with Crippen molar-refractivity contribution in [3.8, 4) is 11.5 Å². The van der Waals surface area contributed by atoms with Gasteiger partial charge in [0.15, 0.2) is 5.82 Å². The quantitative estimate of drug-likeness (QED) is 0.603. The number of anilines is 2. The number of para-hydroxylation sites is 1. The topological polar surface area (TPSA) is 81.2 Å². The van der Waals surface area contributed by atoms with E-state index in [0.717, 1.165) is 23.5 Å². The van der Waals surface area contributed by atoms with Crippen LogP contribution in [0.25, 0.3) is 0 Å². The molecule has 0 unspecified atom stereocenters. The molecule has 2 N–H and O–H groups in total. The van der Waals surface area contributed by atoms with E-state index in [4.69, 9.17) is 9.47 Å². The zero-order valence-corrected chi connectivity index (χ0v) is 15.5. The molecule has 0 saturated carbocycles. The number of rotatable bonds is 9. The zero-order chi connectivity index (χ0) is 18.9. The van der Waals surface area contributed by atoms with Gasteiger partial charge in [-0.15, -0.1) is 5.10 Å². The van der Waals surface area contributed by atoms with E-state index in [0.29, 0.717) is 24.9 Å². The first-order valence-electron chi connectivity index (χ1n) is 8.71. The summed E-state index contributed by atoms with van der Waals surface area (Å²) >= 11 is 0. The Labute approximate surface area is 158 Å². The summed E-state index contributed by atoms with van der Waals surface area (Å²) in [6.45, 7) is 1.29. The van der Waals surface area contributed by atoms with E-state index in [1.165, 1.54) is 5.56 Å². The molecular formula is C20H23N5O2. The molecule has 0 aliphatic heterocycles. The maximum atomic E-state index is 5.36. The van der Waals surface area contributed by atoms with E-state index < -0.39 is 0 Å². The molecule has 0 radical (unpaired) electrons. The molecule has 0 bridgehead atoms. The Morgan fingerprint density at radius 1 is 0.963 bits per heavy atom. The standard InChI is InChI=1S/C20H23N5O2/c1-26-17-8-5-6-15(12-17)10-11-21-20-24-19(14-23-25-20)22-13-16-7-3-4-9-18(16)27-2/h3-9,12,14H,10-11,13H2,1-2H3,(H2,21,22,24,25). The molecule has 140 valence electrons. The van der Waals surface area contributed by atoms with E-state index >= 15 is 0 Å². The minimum Gasteiger partial charge on any atom is -0.497 e. The molecule has 0 amide bonds. The monoisotopic (exact) mass is 365 g/mol. The molecule has 0 saturated heterocycles. The molecule has 0 aliphatic carbocycles. The molecule has 3 aromatic rings. The van der Waals surface area contributed by atoms with Gasteiger partial charge in [0, 0.05) is 18.7 Å². The maximum Gasteiger partial charge on any atom is 0.244 e. The summed E-state index contributed by atoms with van der Waals surface area (Å²) in [7, 11) is 3.33. The molecule has 0 fully saturated rings. The molecule has 7 heteroatoms. The van der Waals surface area contributed by atoms with Crippen LogP contribution < -0.4 is 20.1 Å². The van der Waals surface area contributed by atoms with Gasteiger partial charge < -0.3 is 20.1 Å². The number of hydrogen-bond acceptors (Lipinski definition) is 7. The summed E-state index contributed by atoms with van der Waals surface area (Å²) in [5, 5.41) is 14.5. The summed E-state index contributed by atoms with van der Waals surface area (Å²) in [4.78, 5) is 4.45. The van der Waals surface area contributed by atoms with Crippen molar-refractivity contribution in [2.45, 2.75) is 13.0 Å². The molecule has 0 atom stereocenters. The van der Waals surface area contributed by atoms with Crippen LogP contribution in [0.2, 0.25) is 0 Å². The Bertz CT molecular complexity index is 872. The Kier molecular flexibility index (Phi) is 6.40. The zero-order valence-electron chi connectivity index (χ0n) is 15.5. The van der Waals surface area contributed by atoms with Crippen LogP contribution in [0.1, 0.15) is 11.1 Å². The highest BCUT2D eigenvalue weighted by atomic mass is 16.5. The lowest BCUT2D eigenvalue weighted by Gasteiger charge is -2.10. The van der Waals surface area contributed by atoms with E-state index in [1.54, 1.807) is 20.4 Å². The Morgan fingerprint density at radius 2 is 1.85 bits per heavy atom. The van der Waals surface area contributed by atoms with Crippen molar-refractivity contribution in [3.63, 3.8) is 0 Å². The van der Waals surface area contributed by atoms with Crippen LogP contribution in [0, 0.1) is 0 Å². The van der Waals surface area contributed by atoms with Crippen LogP contribution >= 0.6 is 0 Å². The normalized spacial score (nSPS) is 10.3. The van der Waals surface area contributed by atoms with Gasteiger partial charge in [-0.05, 0) is 30.2 Å². The minimum absolute atomic E-state index is 0.489. The van der Waals surface area contributed by atoms with Crippen molar-refractivity contribution in [3.05, 3.63) is 65.9 Å². The second-order valence-electron chi connectivity index (χ2n) is 5.86. The van der Waals surface area contributed by atoms with Gasteiger partial charge in [-0.3, -0.25) is 0 Å². The maximum absolute atomic E-state index is 5.36. The summed E-state index contributed by atoms with van der Waals surface area (Å²) in [5.41, 5.74) is 2.23. The number of nitrogens with zero attached hydrogens (tertiary/aromatic N) is 3. The first-order valence-corrected chi connectivity index (χ1v) is 8.71. The Balaban J connectivity index is 1.54. The van der Waals surface area contributed by atoms with E-state index in [-0.39, 0.29) is 0 Å². The summed E-state index contributed by atoms with van der Waals surface area (Å²) in [6.07, 6.45) is 2.43. The van der Waals surface area contributed by atoms with Crippen LogP contribution in [-0.4, -0.2) is 35.9 Å². The summed E-state index contributed by atoms with van der Waals surface area (Å²) in [6, 6.07) is 15.9. The third kappa shape index (κ3) is 5.31. The van der Waals surface area contributed by atoms with Gasteiger partial charge in [0.1, 0.15) is 11.5 Å². The lowest BCUT2D eigenvalue weighted by molar-refractivity contribution is 0.410. The Hall–Kier alpha value is -3.35. The lowest BCUT2D eigenvalue weighted by atomic mass is 10.1. The van der Waals surface area contributed by atoms with Crippen molar-refractivity contribution >= 4 is 11.8 Å². The average Bonchev–Trinajstić information content (AvgIpc) is 2.73. The molecule has 0 aliphatic rings. The van der Waals surface area contributed by atoms with Crippen LogP contribution in [0.4, 0.5) is 11.8 Å². The SMILES string of the molecule is COc1cccc(CCNc2nncc(NCc3ccccc3OC)n2)c1. The van der Waals surface area contributed by atoms with Gasteiger partial charge in [-0.2, -0.15) is 10.1 Å². The first-order chi connectivity index (χ1) is 13.3. The molecule has 1 heterocycles. The second kappa shape index (κ2) is 9.38. The van der Waals surface area contributed by atoms with Gasteiger partial charge in [0.2, 0.25) is 5.95 Å². The highest BCUT2D eigenvalue weighted by molar-refractivity contribution is 5.41. The van der Waals surface area contributed by atoms with E-state index in [2.05, 4.69) is 31.9 Å². The molecule has 3 rings (SSSR count). The number of hydrogen-bond donors (Lipinski definition) is 2. The molecule has 1 aromatic heterocycles. The summed E-state index contributed by atoms with van der Waals surface area (Å²) < 4.78 is 10.6. The Morgan fingerprint density at radius 3 is 2.70 bits per heavy atom.